The fourth-order valence-corrected chi connectivity index (χ4v) is 2.47. The van der Waals surface area contributed by atoms with E-state index in [4.69, 9.17) is 11.6 Å². The highest BCUT2D eigenvalue weighted by Crippen LogP contribution is 2.13. The molecule has 0 radical (unpaired) electrons. The molecule has 3 nitrogen and oxygen atoms in total. The predicted octanol–water partition coefficient (Wildman–Crippen LogP) is 3.77. The summed E-state index contributed by atoms with van der Waals surface area (Å²) in [6, 6.07) is 16.9. The number of nitrogens with zero attached hydrogens (tertiary/aromatic N) is 1. The molecule has 0 bridgehead atoms. The van der Waals surface area contributed by atoms with E-state index in [2.05, 4.69) is 9.88 Å². The van der Waals surface area contributed by atoms with Gasteiger partial charge >= 0.3 is 0 Å². The summed E-state index contributed by atoms with van der Waals surface area (Å²) in [4.78, 5) is 11.8. The van der Waals surface area contributed by atoms with Crippen molar-refractivity contribution in [2.24, 2.45) is 0 Å². The smallest absolute Gasteiger partial charge is 0.189 e. The van der Waals surface area contributed by atoms with Gasteiger partial charge in [0.05, 0.1) is 5.52 Å². The largest absolute Gasteiger partial charge is 0.383 e. The number of pyridine rings is 1. The molecule has 21 heavy (non-hydrogen) atoms. The maximum Gasteiger partial charge on any atom is 0.189 e. The van der Waals surface area contributed by atoms with Crippen LogP contribution >= 0.6 is 11.6 Å². The van der Waals surface area contributed by atoms with Gasteiger partial charge < -0.3 is 9.88 Å². The zero-order valence-corrected chi connectivity index (χ0v) is 12.2. The fraction of sp³-hybridized carbons (Fsp3) is 0.118. The Bertz CT molecular complexity index is 809. The summed E-state index contributed by atoms with van der Waals surface area (Å²) in [7, 11) is 0. The second-order valence-corrected chi connectivity index (χ2v) is 5.26. The van der Waals surface area contributed by atoms with E-state index < -0.39 is 0 Å². The zero-order valence-electron chi connectivity index (χ0n) is 11.4. The first-order chi connectivity index (χ1) is 10.2. The van der Waals surface area contributed by atoms with Crippen molar-refractivity contribution in [3.63, 3.8) is 0 Å². The van der Waals surface area contributed by atoms with Gasteiger partial charge in [0, 0.05) is 41.4 Å². The molecule has 0 aliphatic rings. The maximum absolute atomic E-state index is 11.8. The average Bonchev–Trinajstić information content (AvgIpc) is 2.52. The van der Waals surface area contributed by atoms with Crippen molar-refractivity contribution in [2.75, 3.05) is 11.9 Å². The molecule has 0 aliphatic carbocycles. The van der Waals surface area contributed by atoms with Gasteiger partial charge in [-0.15, -0.1) is 0 Å². The summed E-state index contributed by atoms with van der Waals surface area (Å²) in [6.07, 6.45) is 1.84. The summed E-state index contributed by atoms with van der Waals surface area (Å²) < 4.78 is 2.08. The van der Waals surface area contributed by atoms with E-state index in [1.54, 1.807) is 6.07 Å². The van der Waals surface area contributed by atoms with Gasteiger partial charge in [-0.3, -0.25) is 4.79 Å². The molecule has 1 N–H and O–H groups in total. The Hall–Kier alpha value is -2.26. The van der Waals surface area contributed by atoms with Gasteiger partial charge in [-0.1, -0.05) is 23.7 Å². The molecule has 2 aromatic carbocycles. The van der Waals surface area contributed by atoms with Crippen LogP contribution in [0.3, 0.4) is 0 Å². The summed E-state index contributed by atoms with van der Waals surface area (Å²) in [6.45, 7) is 1.55. The highest BCUT2D eigenvalue weighted by atomic mass is 35.5. The lowest BCUT2D eigenvalue weighted by atomic mass is 10.2. The van der Waals surface area contributed by atoms with Crippen LogP contribution in [0.2, 0.25) is 5.02 Å². The molecule has 3 aromatic rings. The lowest BCUT2D eigenvalue weighted by Crippen LogP contribution is -2.13. The molecule has 4 heteroatoms. The quantitative estimate of drug-likeness (QED) is 0.795. The molecular weight excluding hydrogens is 284 g/mol. The van der Waals surface area contributed by atoms with Crippen LogP contribution < -0.4 is 10.7 Å². The van der Waals surface area contributed by atoms with Gasteiger partial charge in [0.25, 0.3) is 0 Å². The number of para-hydroxylation sites is 1. The monoisotopic (exact) mass is 298 g/mol. The minimum absolute atomic E-state index is 0.0625. The van der Waals surface area contributed by atoms with E-state index >= 15 is 0 Å². The number of halogens is 1. The van der Waals surface area contributed by atoms with Crippen molar-refractivity contribution in [2.45, 2.75) is 6.54 Å². The van der Waals surface area contributed by atoms with Crippen LogP contribution in [0.15, 0.2) is 65.6 Å². The molecule has 0 fully saturated rings. The Morgan fingerprint density at radius 2 is 1.76 bits per heavy atom. The maximum atomic E-state index is 11.8. The first-order valence-electron chi connectivity index (χ1n) is 6.82. The Labute approximate surface area is 127 Å². The van der Waals surface area contributed by atoms with Crippen LogP contribution in [0.5, 0.6) is 0 Å². The first-order valence-corrected chi connectivity index (χ1v) is 7.19. The van der Waals surface area contributed by atoms with Crippen molar-refractivity contribution in [3.8, 4) is 0 Å². The Morgan fingerprint density at radius 3 is 2.57 bits per heavy atom. The Balaban J connectivity index is 1.75. The molecular formula is C17H15ClN2O. The zero-order chi connectivity index (χ0) is 14.7. The van der Waals surface area contributed by atoms with Gasteiger partial charge in [-0.05, 0) is 36.4 Å². The van der Waals surface area contributed by atoms with Crippen molar-refractivity contribution >= 4 is 28.2 Å². The van der Waals surface area contributed by atoms with Crippen molar-refractivity contribution in [3.05, 3.63) is 76.0 Å². The lowest BCUT2D eigenvalue weighted by Gasteiger charge is -2.12. The third kappa shape index (κ3) is 3.09. The van der Waals surface area contributed by atoms with Gasteiger partial charge in [-0.2, -0.15) is 0 Å². The van der Waals surface area contributed by atoms with Crippen LogP contribution in [0.1, 0.15) is 0 Å². The van der Waals surface area contributed by atoms with Crippen LogP contribution in [0.25, 0.3) is 10.9 Å². The molecule has 106 valence electrons. The van der Waals surface area contributed by atoms with E-state index in [0.29, 0.717) is 0 Å². The highest BCUT2D eigenvalue weighted by Gasteiger charge is 2.01. The number of rotatable bonds is 4. The minimum atomic E-state index is 0.0625. The van der Waals surface area contributed by atoms with Crippen LogP contribution in [0, 0.1) is 0 Å². The van der Waals surface area contributed by atoms with Crippen molar-refractivity contribution in [1.29, 1.82) is 0 Å². The average molecular weight is 299 g/mol. The topological polar surface area (TPSA) is 34.0 Å². The molecule has 0 atom stereocenters. The van der Waals surface area contributed by atoms with E-state index in [-0.39, 0.29) is 5.43 Å². The van der Waals surface area contributed by atoms with E-state index in [9.17, 15) is 4.79 Å². The number of hydrogen-bond acceptors (Lipinski definition) is 2. The molecule has 1 aromatic heterocycles. The third-order valence-electron chi connectivity index (χ3n) is 3.41. The van der Waals surface area contributed by atoms with E-state index in [0.717, 1.165) is 34.7 Å². The SMILES string of the molecule is O=c1ccn(CCNc2ccc(Cl)cc2)c2ccccc12. The van der Waals surface area contributed by atoms with Gasteiger partial charge in [0.15, 0.2) is 5.43 Å². The summed E-state index contributed by atoms with van der Waals surface area (Å²) >= 11 is 5.86. The first kappa shape index (κ1) is 13.7. The van der Waals surface area contributed by atoms with Crippen LogP contribution in [0.4, 0.5) is 5.69 Å². The number of nitrogens with one attached hydrogen (secondary N) is 1. The molecule has 0 unspecified atom stereocenters. The molecule has 0 saturated heterocycles. The number of aromatic nitrogens is 1. The molecule has 0 saturated carbocycles. The second kappa shape index (κ2) is 6.02. The lowest BCUT2D eigenvalue weighted by molar-refractivity contribution is 0.749. The number of hydrogen-bond donors (Lipinski definition) is 1. The highest BCUT2D eigenvalue weighted by molar-refractivity contribution is 6.30. The summed E-state index contributed by atoms with van der Waals surface area (Å²) in [5.74, 6) is 0. The van der Waals surface area contributed by atoms with Gasteiger partial charge in [-0.25, -0.2) is 0 Å². The molecule has 1 heterocycles. The molecule has 0 spiro atoms. The summed E-state index contributed by atoms with van der Waals surface area (Å²) in [5.41, 5.74) is 2.06. The minimum Gasteiger partial charge on any atom is -0.383 e. The number of fused-ring (bicyclic) bond motifs is 1. The van der Waals surface area contributed by atoms with E-state index in [1.165, 1.54) is 0 Å². The number of benzene rings is 2. The fourth-order valence-electron chi connectivity index (χ4n) is 2.34. The van der Waals surface area contributed by atoms with Crippen molar-refractivity contribution in [1.82, 2.24) is 4.57 Å². The van der Waals surface area contributed by atoms with E-state index in [1.807, 2.05) is 54.7 Å². The third-order valence-corrected chi connectivity index (χ3v) is 3.66. The normalized spacial score (nSPS) is 10.7. The molecule has 0 aliphatic heterocycles. The standard InChI is InChI=1S/C17H15ClN2O/c18-13-5-7-14(8-6-13)19-10-12-20-11-9-17(21)15-3-1-2-4-16(15)20/h1-9,11,19H,10,12H2. The van der Waals surface area contributed by atoms with Crippen LogP contribution in [-0.2, 0) is 6.54 Å². The second-order valence-electron chi connectivity index (χ2n) is 4.82. The Morgan fingerprint density at radius 1 is 1.00 bits per heavy atom. The summed E-state index contributed by atoms with van der Waals surface area (Å²) in [5, 5.41) is 4.83. The molecule has 3 rings (SSSR count). The number of anilines is 1. The molecule has 0 amide bonds. The van der Waals surface area contributed by atoms with Gasteiger partial charge in [0.1, 0.15) is 0 Å². The predicted molar refractivity (Wildman–Crippen MR) is 88.1 cm³/mol. The Kier molecular flexibility index (Phi) is 3.93. The van der Waals surface area contributed by atoms with Gasteiger partial charge in [0.2, 0.25) is 0 Å². The van der Waals surface area contributed by atoms with Crippen LogP contribution in [-0.4, -0.2) is 11.1 Å². The van der Waals surface area contributed by atoms with Crippen molar-refractivity contribution < 1.29 is 0 Å².